The van der Waals surface area contributed by atoms with E-state index in [1.165, 1.54) is 6.07 Å². The van der Waals surface area contributed by atoms with Gasteiger partial charge in [0.05, 0.1) is 17.7 Å². The third kappa shape index (κ3) is 4.54. The van der Waals surface area contributed by atoms with Crippen LogP contribution in [0.3, 0.4) is 0 Å². The number of carbonyl (C=O) groups is 2. The van der Waals surface area contributed by atoms with Gasteiger partial charge in [0.15, 0.2) is 0 Å². The van der Waals surface area contributed by atoms with E-state index >= 15 is 0 Å². The number of anilines is 1. The fraction of sp³-hybridized carbons (Fsp3) is 0.0909. The van der Waals surface area contributed by atoms with Crippen molar-refractivity contribution in [1.29, 1.82) is 0 Å². The van der Waals surface area contributed by atoms with Crippen LogP contribution in [-0.4, -0.2) is 17.0 Å². The van der Waals surface area contributed by atoms with Gasteiger partial charge in [-0.15, -0.1) is 0 Å². The molecule has 0 unspecified atom stereocenters. The zero-order valence-corrected chi connectivity index (χ0v) is 15.5. The number of carboxylic acid groups (broad SMARTS) is 1. The molecule has 0 heterocycles. The van der Waals surface area contributed by atoms with Crippen LogP contribution in [0, 0.1) is 6.92 Å². The normalized spacial score (nSPS) is 10.4. The second-order valence-corrected chi connectivity index (χ2v) is 6.67. The number of carbonyl (C=O) groups excluding carboxylic acids is 1. The predicted octanol–water partition coefficient (Wildman–Crippen LogP) is 5.19. The van der Waals surface area contributed by atoms with Gasteiger partial charge in [-0.25, -0.2) is 4.79 Å². The molecular formula is C22H18ClNO3. The van der Waals surface area contributed by atoms with Gasteiger partial charge < -0.3 is 10.4 Å². The summed E-state index contributed by atoms with van der Waals surface area (Å²) < 4.78 is 0. The Hall–Kier alpha value is -3.11. The lowest BCUT2D eigenvalue weighted by Gasteiger charge is -2.12. The fourth-order valence-electron chi connectivity index (χ4n) is 2.83. The molecule has 0 saturated carbocycles. The van der Waals surface area contributed by atoms with Crippen LogP contribution in [0.15, 0.2) is 66.7 Å². The Morgan fingerprint density at radius 2 is 1.74 bits per heavy atom. The highest BCUT2D eigenvalue weighted by atomic mass is 35.5. The number of hydrogen-bond donors (Lipinski definition) is 2. The van der Waals surface area contributed by atoms with E-state index in [1.807, 2.05) is 55.5 Å². The second kappa shape index (κ2) is 8.06. The molecule has 0 radical (unpaired) electrons. The highest BCUT2D eigenvalue weighted by Crippen LogP contribution is 2.31. The van der Waals surface area contributed by atoms with Gasteiger partial charge in [-0.2, -0.15) is 0 Å². The van der Waals surface area contributed by atoms with Crippen molar-refractivity contribution < 1.29 is 14.7 Å². The van der Waals surface area contributed by atoms with Crippen LogP contribution in [0.2, 0.25) is 5.02 Å². The van der Waals surface area contributed by atoms with Crippen molar-refractivity contribution >= 4 is 29.2 Å². The van der Waals surface area contributed by atoms with E-state index in [0.717, 1.165) is 16.7 Å². The summed E-state index contributed by atoms with van der Waals surface area (Å²) in [5.74, 6) is -1.39. The molecule has 0 saturated heterocycles. The average molecular weight is 380 g/mol. The van der Waals surface area contributed by atoms with E-state index in [2.05, 4.69) is 5.32 Å². The third-order valence-electron chi connectivity index (χ3n) is 4.17. The van der Waals surface area contributed by atoms with Gasteiger partial charge in [0.25, 0.3) is 0 Å². The standard InChI is InChI=1S/C22H18ClNO3/c1-14-7-9-17(19(23)11-14)16-8-10-20(18(13-16)22(26)27)24-21(25)12-15-5-3-2-4-6-15/h2-11,13H,12H2,1H3,(H,24,25)(H,26,27). The van der Waals surface area contributed by atoms with Gasteiger partial charge in [-0.3, -0.25) is 4.79 Å². The molecule has 0 spiro atoms. The fourth-order valence-corrected chi connectivity index (χ4v) is 3.17. The van der Waals surface area contributed by atoms with Crippen LogP contribution in [0.25, 0.3) is 11.1 Å². The Balaban J connectivity index is 1.88. The molecule has 27 heavy (non-hydrogen) atoms. The summed E-state index contributed by atoms with van der Waals surface area (Å²) in [5, 5.41) is 12.8. The van der Waals surface area contributed by atoms with Crippen LogP contribution in [0.5, 0.6) is 0 Å². The molecule has 0 aliphatic carbocycles. The summed E-state index contributed by atoms with van der Waals surface area (Å²) in [6.07, 6.45) is 0.172. The van der Waals surface area contributed by atoms with Gasteiger partial charge in [0.2, 0.25) is 5.91 Å². The first-order valence-corrected chi connectivity index (χ1v) is 8.79. The predicted molar refractivity (Wildman–Crippen MR) is 107 cm³/mol. The number of rotatable bonds is 5. The first-order chi connectivity index (χ1) is 12.9. The van der Waals surface area contributed by atoms with E-state index in [1.54, 1.807) is 12.1 Å². The Labute approximate surface area is 162 Å². The van der Waals surface area contributed by atoms with Crippen molar-refractivity contribution in [2.45, 2.75) is 13.3 Å². The second-order valence-electron chi connectivity index (χ2n) is 6.26. The van der Waals surface area contributed by atoms with Gasteiger partial charge in [0, 0.05) is 10.6 Å². The van der Waals surface area contributed by atoms with Gasteiger partial charge in [-0.1, -0.05) is 60.1 Å². The van der Waals surface area contributed by atoms with E-state index < -0.39 is 5.97 Å². The van der Waals surface area contributed by atoms with Crippen molar-refractivity contribution in [1.82, 2.24) is 0 Å². The number of carboxylic acids is 1. The van der Waals surface area contributed by atoms with Crippen molar-refractivity contribution in [3.05, 3.63) is 88.4 Å². The number of hydrogen-bond acceptors (Lipinski definition) is 2. The molecule has 3 aromatic rings. The van der Waals surface area contributed by atoms with Gasteiger partial charge >= 0.3 is 5.97 Å². The van der Waals surface area contributed by atoms with Crippen molar-refractivity contribution in [3.63, 3.8) is 0 Å². The highest BCUT2D eigenvalue weighted by Gasteiger charge is 2.15. The molecule has 0 aromatic heterocycles. The van der Waals surface area contributed by atoms with Crippen LogP contribution in [-0.2, 0) is 11.2 Å². The highest BCUT2D eigenvalue weighted by molar-refractivity contribution is 6.33. The minimum Gasteiger partial charge on any atom is -0.478 e. The largest absolute Gasteiger partial charge is 0.478 e. The van der Waals surface area contributed by atoms with Crippen LogP contribution >= 0.6 is 11.6 Å². The molecule has 0 bridgehead atoms. The van der Waals surface area contributed by atoms with E-state index in [-0.39, 0.29) is 23.6 Å². The summed E-state index contributed by atoms with van der Waals surface area (Å²) >= 11 is 6.29. The van der Waals surface area contributed by atoms with E-state index in [0.29, 0.717) is 10.6 Å². The molecule has 0 aliphatic heterocycles. The molecule has 4 nitrogen and oxygen atoms in total. The summed E-state index contributed by atoms with van der Waals surface area (Å²) in [4.78, 5) is 24.0. The zero-order chi connectivity index (χ0) is 19.4. The van der Waals surface area contributed by atoms with Crippen LogP contribution in [0.1, 0.15) is 21.5 Å². The molecule has 136 valence electrons. The Bertz CT molecular complexity index is 1000. The minimum absolute atomic E-state index is 0.0190. The minimum atomic E-state index is -1.12. The number of halogens is 1. The van der Waals surface area contributed by atoms with Crippen LogP contribution < -0.4 is 5.32 Å². The molecule has 2 N–H and O–H groups in total. The maximum atomic E-state index is 12.3. The van der Waals surface area contributed by atoms with Gasteiger partial charge in [-0.05, 0) is 41.8 Å². The first-order valence-electron chi connectivity index (χ1n) is 8.41. The van der Waals surface area contributed by atoms with Crippen molar-refractivity contribution in [2.24, 2.45) is 0 Å². The molecule has 5 heteroatoms. The maximum absolute atomic E-state index is 12.3. The van der Waals surface area contributed by atoms with Crippen molar-refractivity contribution in [2.75, 3.05) is 5.32 Å². The smallest absolute Gasteiger partial charge is 0.337 e. The lowest BCUT2D eigenvalue weighted by Crippen LogP contribution is -2.16. The Morgan fingerprint density at radius 1 is 1.00 bits per heavy atom. The number of amides is 1. The number of aryl methyl sites for hydroxylation is 1. The third-order valence-corrected chi connectivity index (χ3v) is 4.48. The molecular weight excluding hydrogens is 362 g/mol. The summed E-state index contributed by atoms with van der Waals surface area (Å²) in [6.45, 7) is 1.93. The number of benzene rings is 3. The Kier molecular flexibility index (Phi) is 5.57. The quantitative estimate of drug-likeness (QED) is 0.640. The van der Waals surface area contributed by atoms with E-state index in [4.69, 9.17) is 11.6 Å². The summed E-state index contributed by atoms with van der Waals surface area (Å²) in [5.41, 5.74) is 3.58. The number of nitrogens with one attached hydrogen (secondary N) is 1. The SMILES string of the molecule is Cc1ccc(-c2ccc(NC(=O)Cc3ccccc3)c(C(=O)O)c2)c(Cl)c1. The first kappa shape index (κ1) is 18.7. The van der Waals surface area contributed by atoms with Gasteiger partial charge in [0.1, 0.15) is 0 Å². The molecule has 3 aromatic carbocycles. The maximum Gasteiger partial charge on any atom is 0.337 e. The van der Waals surface area contributed by atoms with Crippen molar-refractivity contribution in [3.8, 4) is 11.1 Å². The summed E-state index contributed by atoms with van der Waals surface area (Å²) in [6, 6.07) is 19.7. The zero-order valence-electron chi connectivity index (χ0n) is 14.7. The monoisotopic (exact) mass is 379 g/mol. The lowest BCUT2D eigenvalue weighted by molar-refractivity contribution is -0.115. The molecule has 3 rings (SSSR count). The van der Waals surface area contributed by atoms with Crippen LogP contribution in [0.4, 0.5) is 5.69 Å². The van der Waals surface area contributed by atoms with E-state index in [9.17, 15) is 14.7 Å². The molecule has 0 fully saturated rings. The average Bonchev–Trinajstić information content (AvgIpc) is 2.63. The molecule has 0 atom stereocenters. The lowest BCUT2D eigenvalue weighted by atomic mass is 10.0. The molecule has 1 amide bonds. The topological polar surface area (TPSA) is 66.4 Å². The molecule has 0 aliphatic rings. The number of aromatic carboxylic acids is 1. The Morgan fingerprint density at radius 3 is 2.41 bits per heavy atom. The summed E-state index contributed by atoms with van der Waals surface area (Å²) in [7, 11) is 0.